The minimum Gasteiger partial charge on any atom is -0.368 e. The maximum atomic E-state index is 16.1. The van der Waals surface area contributed by atoms with Crippen molar-refractivity contribution in [2.45, 2.75) is 62.9 Å². The highest BCUT2D eigenvalue weighted by molar-refractivity contribution is 7.54. The first-order valence-corrected chi connectivity index (χ1v) is 14.6. The fourth-order valence-corrected chi connectivity index (χ4v) is 5.89. The first-order valence-electron chi connectivity index (χ1n) is 13.0. The molecule has 1 aliphatic rings. The Balaban J connectivity index is 1.71. The van der Waals surface area contributed by atoms with Gasteiger partial charge in [-0.3, -0.25) is 4.57 Å². The fraction of sp³-hybridized carbons (Fsp3) is 0.400. The van der Waals surface area contributed by atoms with Gasteiger partial charge in [0.05, 0.1) is 25.9 Å². The largest absolute Gasteiger partial charge is 0.369 e. The second-order valence-corrected chi connectivity index (χ2v) is 11.8. The molecule has 40 heavy (non-hydrogen) atoms. The molecule has 0 bridgehead atoms. The SMILES string of the molecule is COP(=O)(OC)[C@@H](F)[C@@]1(O)O[C@@H](C)[C@H](OCc2ccccc2)[C@@H](OCc2ccccc2)[C@H]1OCc1ccccc1. The summed E-state index contributed by atoms with van der Waals surface area (Å²) in [5, 5.41) is 11.8. The minimum absolute atomic E-state index is 0.0147. The maximum absolute atomic E-state index is 16.1. The van der Waals surface area contributed by atoms with Gasteiger partial charge in [0.25, 0.3) is 5.91 Å². The molecule has 1 N–H and O–H groups in total. The topological polar surface area (TPSA) is 92.7 Å². The Kier molecular flexibility index (Phi) is 10.6. The van der Waals surface area contributed by atoms with Gasteiger partial charge in [0.1, 0.15) is 18.3 Å². The number of alkyl halides is 1. The highest BCUT2D eigenvalue weighted by Gasteiger charge is 2.64. The molecule has 0 radical (unpaired) electrons. The molecule has 1 saturated heterocycles. The Morgan fingerprint density at radius 2 is 1.18 bits per heavy atom. The number of halogens is 1. The molecule has 6 atom stereocenters. The van der Waals surface area contributed by atoms with Crippen LogP contribution in [0.25, 0.3) is 0 Å². The second kappa shape index (κ2) is 13.9. The number of hydrogen-bond donors (Lipinski definition) is 1. The summed E-state index contributed by atoms with van der Waals surface area (Å²) >= 11 is 0. The van der Waals surface area contributed by atoms with Gasteiger partial charge in [0, 0.05) is 14.2 Å². The summed E-state index contributed by atoms with van der Waals surface area (Å²) < 4.78 is 63.8. The maximum Gasteiger partial charge on any atom is 0.369 e. The molecular formula is C30H36FO8P. The van der Waals surface area contributed by atoms with E-state index in [1.807, 2.05) is 91.0 Å². The number of ether oxygens (including phenoxy) is 4. The smallest absolute Gasteiger partial charge is 0.368 e. The molecule has 3 aromatic rings. The van der Waals surface area contributed by atoms with Crippen LogP contribution in [0.3, 0.4) is 0 Å². The Labute approximate surface area is 234 Å². The lowest BCUT2D eigenvalue weighted by Crippen LogP contribution is -2.69. The van der Waals surface area contributed by atoms with Crippen molar-refractivity contribution in [2.24, 2.45) is 0 Å². The van der Waals surface area contributed by atoms with Crippen molar-refractivity contribution in [2.75, 3.05) is 14.2 Å². The van der Waals surface area contributed by atoms with Gasteiger partial charge >= 0.3 is 7.60 Å². The van der Waals surface area contributed by atoms with E-state index in [2.05, 4.69) is 0 Å². The Morgan fingerprint density at radius 3 is 1.60 bits per heavy atom. The summed E-state index contributed by atoms with van der Waals surface area (Å²) in [5.41, 5.74) is 2.53. The Hall–Kier alpha value is -2.46. The zero-order valence-corrected chi connectivity index (χ0v) is 23.7. The van der Waals surface area contributed by atoms with E-state index in [-0.39, 0.29) is 19.8 Å². The summed E-state index contributed by atoms with van der Waals surface area (Å²) in [7, 11) is -2.38. The van der Waals surface area contributed by atoms with Crippen LogP contribution in [0.5, 0.6) is 0 Å². The average Bonchev–Trinajstić information content (AvgIpc) is 2.99. The van der Waals surface area contributed by atoms with Gasteiger partial charge < -0.3 is 33.1 Å². The van der Waals surface area contributed by atoms with Gasteiger partial charge in [-0.25, -0.2) is 4.39 Å². The molecule has 1 heterocycles. The van der Waals surface area contributed by atoms with Gasteiger partial charge in [-0.15, -0.1) is 0 Å². The molecule has 0 spiro atoms. The van der Waals surface area contributed by atoms with Gasteiger partial charge in [-0.1, -0.05) is 91.0 Å². The van der Waals surface area contributed by atoms with Gasteiger partial charge in [0.15, 0.2) is 0 Å². The monoisotopic (exact) mass is 574 g/mol. The zero-order valence-electron chi connectivity index (χ0n) is 22.8. The number of aliphatic hydroxyl groups is 1. The third-order valence-corrected chi connectivity index (χ3v) is 8.78. The predicted octanol–water partition coefficient (Wildman–Crippen LogP) is 5.63. The van der Waals surface area contributed by atoms with E-state index in [1.54, 1.807) is 6.92 Å². The molecule has 0 aliphatic carbocycles. The molecule has 4 rings (SSSR count). The van der Waals surface area contributed by atoms with Crippen molar-refractivity contribution in [1.29, 1.82) is 0 Å². The lowest BCUT2D eigenvalue weighted by Gasteiger charge is -2.50. The third kappa shape index (κ3) is 7.05. The van der Waals surface area contributed by atoms with E-state index in [0.717, 1.165) is 30.9 Å². The molecule has 0 unspecified atom stereocenters. The normalized spacial score (nSPS) is 25.9. The van der Waals surface area contributed by atoms with E-state index < -0.39 is 43.7 Å². The lowest BCUT2D eigenvalue weighted by atomic mass is 9.92. The van der Waals surface area contributed by atoms with Crippen molar-refractivity contribution >= 4 is 7.60 Å². The minimum atomic E-state index is -4.47. The zero-order chi connectivity index (χ0) is 28.6. The fourth-order valence-electron chi connectivity index (χ4n) is 4.70. The van der Waals surface area contributed by atoms with Crippen LogP contribution >= 0.6 is 7.60 Å². The predicted molar refractivity (Wildman–Crippen MR) is 147 cm³/mol. The summed E-state index contributed by atoms with van der Waals surface area (Å²) in [5.74, 6) is -5.37. The van der Waals surface area contributed by atoms with Crippen LogP contribution in [0.15, 0.2) is 91.0 Å². The van der Waals surface area contributed by atoms with E-state index in [1.165, 1.54) is 0 Å². The van der Waals surface area contributed by atoms with Crippen LogP contribution in [-0.2, 0) is 52.4 Å². The van der Waals surface area contributed by atoms with Crippen LogP contribution in [0.2, 0.25) is 0 Å². The van der Waals surface area contributed by atoms with E-state index in [4.69, 9.17) is 28.0 Å². The van der Waals surface area contributed by atoms with E-state index in [9.17, 15) is 9.67 Å². The average molecular weight is 575 g/mol. The molecule has 8 nitrogen and oxygen atoms in total. The number of rotatable bonds is 13. The van der Waals surface area contributed by atoms with Crippen LogP contribution in [0, 0.1) is 0 Å². The standard InChI is InChI=1S/C30H36FO8P/c1-22-26(36-19-23-13-7-4-8-14-23)27(37-20-24-15-9-5-10-16-24)28(38-21-25-17-11-6-12-18-25)30(32,39-22)29(31)40(33,34-2)35-3/h4-18,22,26-29,32H,19-21H2,1-3H3/t22-,26-,27+,28+,29+,30-/m0/s1. The molecule has 0 saturated carbocycles. The molecule has 0 aromatic heterocycles. The molecule has 1 aliphatic heterocycles. The molecular weight excluding hydrogens is 538 g/mol. The third-order valence-electron chi connectivity index (χ3n) is 6.84. The Bertz CT molecular complexity index is 1210. The van der Waals surface area contributed by atoms with Crippen molar-refractivity contribution in [3.8, 4) is 0 Å². The Morgan fingerprint density at radius 1 is 0.775 bits per heavy atom. The first-order chi connectivity index (χ1) is 19.3. The van der Waals surface area contributed by atoms with Gasteiger partial charge in [0.2, 0.25) is 5.79 Å². The van der Waals surface area contributed by atoms with E-state index >= 15 is 4.39 Å². The van der Waals surface area contributed by atoms with E-state index in [0.29, 0.717) is 0 Å². The highest BCUT2D eigenvalue weighted by atomic mass is 31.2. The lowest BCUT2D eigenvalue weighted by molar-refractivity contribution is -0.373. The van der Waals surface area contributed by atoms with Crippen molar-refractivity contribution in [1.82, 2.24) is 0 Å². The molecule has 0 amide bonds. The van der Waals surface area contributed by atoms with Crippen LogP contribution in [0.1, 0.15) is 23.6 Å². The van der Waals surface area contributed by atoms with Crippen molar-refractivity contribution in [3.05, 3.63) is 108 Å². The number of benzene rings is 3. The highest BCUT2D eigenvalue weighted by Crippen LogP contribution is 2.58. The van der Waals surface area contributed by atoms with Crippen molar-refractivity contribution < 1.29 is 42.1 Å². The summed E-state index contributed by atoms with van der Waals surface area (Å²) in [6.45, 7) is 1.94. The van der Waals surface area contributed by atoms with Gasteiger partial charge in [-0.05, 0) is 23.6 Å². The summed E-state index contributed by atoms with van der Waals surface area (Å²) in [4.78, 5) is 0. The van der Waals surface area contributed by atoms with Gasteiger partial charge in [-0.2, -0.15) is 0 Å². The quantitative estimate of drug-likeness (QED) is 0.263. The molecule has 10 heteroatoms. The molecule has 3 aromatic carbocycles. The summed E-state index contributed by atoms with van der Waals surface area (Å²) in [6.07, 6.45) is -4.21. The number of hydrogen-bond acceptors (Lipinski definition) is 8. The van der Waals surface area contributed by atoms with Crippen LogP contribution in [-0.4, -0.2) is 55.4 Å². The molecule has 1 fully saturated rings. The second-order valence-electron chi connectivity index (χ2n) is 9.56. The first kappa shape index (κ1) is 30.5. The summed E-state index contributed by atoms with van der Waals surface area (Å²) in [6, 6.07) is 28.1. The van der Waals surface area contributed by atoms with Crippen LogP contribution < -0.4 is 0 Å². The van der Waals surface area contributed by atoms with Crippen LogP contribution in [0.4, 0.5) is 4.39 Å². The molecule has 216 valence electrons. The van der Waals surface area contributed by atoms with Crippen molar-refractivity contribution in [3.63, 3.8) is 0 Å².